The Kier molecular flexibility index (Phi) is 5.78. The lowest BCUT2D eigenvalue weighted by molar-refractivity contribution is 0.373. The van der Waals surface area contributed by atoms with Crippen LogP contribution in [0.5, 0.6) is 0 Å². The molecule has 0 fully saturated rings. The lowest BCUT2D eigenvalue weighted by Gasteiger charge is -2.48. The van der Waals surface area contributed by atoms with Crippen LogP contribution in [0.3, 0.4) is 0 Å². The van der Waals surface area contributed by atoms with Gasteiger partial charge in [-0.2, -0.15) is 0 Å². The van der Waals surface area contributed by atoms with Crippen molar-refractivity contribution < 1.29 is 0 Å². The summed E-state index contributed by atoms with van der Waals surface area (Å²) in [4.78, 5) is 2.67. The molecule has 0 unspecified atom stereocenters. The minimum absolute atomic E-state index is 0.256. The van der Waals surface area contributed by atoms with E-state index in [4.69, 9.17) is 0 Å². The summed E-state index contributed by atoms with van der Waals surface area (Å²) < 4.78 is 0. The summed E-state index contributed by atoms with van der Waals surface area (Å²) in [6, 6.07) is 5.45. The molecule has 1 aromatic carbocycles. The largest absolute Gasteiger partial charge is 0.366 e. The Hall–Kier alpha value is -1.02. The summed E-state index contributed by atoms with van der Waals surface area (Å²) in [6.45, 7) is 18.3. The van der Waals surface area contributed by atoms with Crippen LogP contribution < -0.4 is 10.2 Å². The Balaban J connectivity index is 2.38. The minimum atomic E-state index is 0.256. The lowest BCUT2D eigenvalue weighted by atomic mass is 9.79. The third-order valence-corrected chi connectivity index (χ3v) is 5.28. The van der Waals surface area contributed by atoms with E-state index in [1.165, 1.54) is 42.6 Å². The van der Waals surface area contributed by atoms with E-state index in [0.717, 1.165) is 6.54 Å². The summed E-state index contributed by atoms with van der Waals surface area (Å²) in [7, 11) is 0. The zero-order chi connectivity index (χ0) is 17.2. The van der Waals surface area contributed by atoms with Crippen molar-refractivity contribution >= 4 is 5.69 Å². The molecule has 0 amide bonds. The van der Waals surface area contributed by atoms with E-state index in [0.29, 0.717) is 12.0 Å². The fourth-order valence-corrected chi connectivity index (χ4v) is 3.92. The number of hydrogen-bond donors (Lipinski definition) is 1. The number of benzene rings is 1. The first kappa shape index (κ1) is 18.3. The van der Waals surface area contributed by atoms with Crippen molar-refractivity contribution in [2.24, 2.45) is 0 Å². The number of anilines is 1. The predicted molar refractivity (Wildman–Crippen MR) is 103 cm³/mol. The molecule has 0 bridgehead atoms. The van der Waals surface area contributed by atoms with Crippen molar-refractivity contribution in [3.8, 4) is 0 Å². The van der Waals surface area contributed by atoms with E-state index < -0.39 is 0 Å². The maximum absolute atomic E-state index is 3.57. The lowest BCUT2D eigenvalue weighted by Crippen LogP contribution is -2.48. The van der Waals surface area contributed by atoms with E-state index in [1.807, 2.05) is 0 Å². The summed E-state index contributed by atoms with van der Waals surface area (Å²) >= 11 is 0. The van der Waals surface area contributed by atoms with Gasteiger partial charge < -0.3 is 10.2 Å². The highest BCUT2D eigenvalue weighted by Gasteiger charge is 2.36. The van der Waals surface area contributed by atoms with Crippen LogP contribution in [0.2, 0.25) is 0 Å². The van der Waals surface area contributed by atoms with E-state index in [9.17, 15) is 0 Å². The minimum Gasteiger partial charge on any atom is -0.366 e. The number of hydrogen-bond acceptors (Lipinski definition) is 2. The first-order valence-corrected chi connectivity index (χ1v) is 9.40. The van der Waals surface area contributed by atoms with Gasteiger partial charge in [0.1, 0.15) is 0 Å². The van der Waals surface area contributed by atoms with Gasteiger partial charge in [0.2, 0.25) is 0 Å². The van der Waals surface area contributed by atoms with Crippen molar-refractivity contribution in [1.29, 1.82) is 0 Å². The second kappa shape index (κ2) is 7.25. The van der Waals surface area contributed by atoms with Crippen LogP contribution in [0.25, 0.3) is 0 Å². The van der Waals surface area contributed by atoms with Crippen LogP contribution in [-0.2, 0) is 6.54 Å². The Morgan fingerprint density at radius 1 is 1.30 bits per heavy atom. The molecule has 1 heterocycles. The second-order valence-corrected chi connectivity index (χ2v) is 8.30. The predicted octanol–water partition coefficient (Wildman–Crippen LogP) is 5.39. The summed E-state index contributed by atoms with van der Waals surface area (Å²) in [6.07, 6.45) is 3.77. The van der Waals surface area contributed by atoms with E-state index >= 15 is 0 Å². The standard InChI is InChI=1S/C21H36N2/c1-8-9-10-23-20-11-16(4)18(14-22-15(2)3)12-19(20)17(5)13-21(23,6)7/h11-12,15,17,22H,8-10,13-14H2,1-7H3/t17-/m0/s1. The molecule has 0 radical (unpaired) electrons. The smallest absolute Gasteiger partial charge is 0.0408 e. The number of unbranched alkanes of at least 4 members (excludes halogenated alkanes) is 1. The van der Waals surface area contributed by atoms with Crippen LogP contribution in [-0.4, -0.2) is 18.1 Å². The molecule has 1 aromatic rings. The number of fused-ring (bicyclic) bond motifs is 1. The maximum atomic E-state index is 3.57. The second-order valence-electron chi connectivity index (χ2n) is 8.30. The van der Waals surface area contributed by atoms with Crippen molar-refractivity contribution in [3.63, 3.8) is 0 Å². The molecule has 130 valence electrons. The molecule has 0 saturated carbocycles. The van der Waals surface area contributed by atoms with Gasteiger partial charge in [-0.15, -0.1) is 0 Å². The zero-order valence-electron chi connectivity index (χ0n) is 16.3. The Morgan fingerprint density at radius 2 is 2.00 bits per heavy atom. The molecule has 0 aromatic heterocycles. The van der Waals surface area contributed by atoms with Gasteiger partial charge in [-0.25, -0.2) is 0 Å². The van der Waals surface area contributed by atoms with Crippen molar-refractivity contribution in [3.05, 3.63) is 28.8 Å². The fraction of sp³-hybridized carbons (Fsp3) is 0.714. The average molecular weight is 317 g/mol. The third kappa shape index (κ3) is 4.09. The Morgan fingerprint density at radius 3 is 2.61 bits per heavy atom. The first-order valence-electron chi connectivity index (χ1n) is 9.40. The molecule has 23 heavy (non-hydrogen) atoms. The molecule has 0 spiro atoms. The van der Waals surface area contributed by atoms with Gasteiger partial charge in [-0.3, -0.25) is 0 Å². The van der Waals surface area contributed by atoms with Crippen LogP contribution in [0, 0.1) is 6.92 Å². The molecular formula is C21H36N2. The molecule has 2 heteroatoms. The van der Waals surface area contributed by atoms with E-state index in [-0.39, 0.29) is 5.54 Å². The third-order valence-electron chi connectivity index (χ3n) is 5.28. The van der Waals surface area contributed by atoms with Crippen molar-refractivity contribution in [1.82, 2.24) is 5.32 Å². The quantitative estimate of drug-likeness (QED) is 0.757. The maximum Gasteiger partial charge on any atom is 0.0408 e. The normalized spacial score (nSPS) is 20.0. The summed E-state index contributed by atoms with van der Waals surface area (Å²) in [5, 5.41) is 3.57. The molecule has 1 aliphatic heterocycles. The van der Waals surface area contributed by atoms with Crippen LogP contribution in [0.1, 0.15) is 83.4 Å². The topological polar surface area (TPSA) is 15.3 Å². The zero-order valence-corrected chi connectivity index (χ0v) is 16.3. The molecular weight excluding hydrogens is 280 g/mol. The van der Waals surface area contributed by atoms with Gasteiger partial charge in [-0.05, 0) is 62.3 Å². The van der Waals surface area contributed by atoms with E-state index in [2.05, 4.69) is 70.8 Å². The van der Waals surface area contributed by atoms with Gasteiger partial charge in [0.15, 0.2) is 0 Å². The molecule has 0 saturated heterocycles. The Bertz CT molecular complexity index is 531. The number of aryl methyl sites for hydroxylation is 1. The highest BCUT2D eigenvalue weighted by Crippen LogP contribution is 2.44. The van der Waals surface area contributed by atoms with Gasteiger partial charge in [0, 0.05) is 30.4 Å². The fourth-order valence-electron chi connectivity index (χ4n) is 3.92. The van der Waals surface area contributed by atoms with Crippen molar-refractivity contribution in [2.75, 3.05) is 11.4 Å². The number of nitrogens with zero attached hydrogens (tertiary/aromatic N) is 1. The van der Waals surface area contributed by atoms with Crippen LogP contribution >= 0.6 is 0 Å². The molecule has 1 N–H and O–H groups in total. The Labute approximate surface area is 143 Å². The van der Waals surface area contributed by atoms with Crippen molar-refractivity contribution in [2.45, 2.75) is 91.8 Å². The van der Waals surface area contributed by atoms with Crippen LogP contribution in [0.15, 0.2) is 12.1 Å². The highest BCUT2D eigenvalue weighted by atomic mass is 15.2. The molecule has 1 atom stereocenters. The molecule has 2 nitrogen and oxygen atoms in total. The number of rotatable bonds is 6. The van der Waals surface area contributed by atoms with Gasteiger partial charge in [-0.1, -0.05) is 40.2 Å². The van der Waals surface area contributed by atoms with Gasteiger partial charge >= 0.3 is 0 Å². The first-order chi connectivity index (χ1) is 10.8. The van der Waals surface area contributed by atoms with Gasteiger partial charge in [0.05, 0.1) is 0 Å². The van der Waals surface area contributed by atoms with E-state index in [1.54, 1.807) is 5.56 Å². The highest BCUT2D eigenvalue weighted by molar-refractivity contribution is 5.62. The summed E-state index contributed by atoms with van der Waals surface area (Å²) in [5.41, 5.74) is 6.16. The van der Waals surface area contributed by atoms with Gasteiger partial charge in [0.25, 0.3) is 0 Å². The average Bonchev–Trinajstić information content (AvgIpc) is 2.44. The number of nitrogens with one attached hydrogen (secondary N) is 1. The molecule has 2 rings (SSSR count). The molecule has 0 aliphatic carbocycles. The SMILES string of the molecule is CCCCN1c2cc(C)c(CNC(C)C)cc2[C@@H](C)CC1(C)C. The monoisotopic (exact) mass is 316 g/mol. The molecule has 1 aliphatic rings. The van der Waals surface area contributed by atoms with Crippen LogP contribution in [0.4, 0.5) is 5.69 Å². The summed E-state index contributed by atoms with van der Waals surface area (Å²) in [5.74, 6) is 0.635.